The molecule has 1 aliphatic rings. The van der Waals surface area contributed by atoms with Gasteiger partial charge in [0, 0.05) is 30.5 Å². The smallest absolute Gasteiger partial charge is 0.187 e. The molecule has 1 aromatic heterocycles. The van der Waals surface area contributed by atoms with Crippen LogP contribution in [0.15, 0.2) is 23.6 Å². The number of aromatic nitrogens is 2. The van der Waals surface area contributed by atoms with E-state index in [1.165, 1.54) is 0 Å². The molecule has 0 saturated heterocycles. The summed E-state index contributed by atoms with van der Waals surface area (Å²) in [6.45, 7) is 0. The summed E-state index contributed by atoms with van der Waals surface area (Å²) >= 11 is 1.61. The highest BCUT2D eigenvalue weighted by Gasteiger charge is 2.23. The van der Waals surface area contributed by atoms with Crippen molar-refractivity contribution in [3.05, 3.63) is 18.5 Å². The predicted molar refractivity (Wildman–Crippen MR) is 50.5 cm³/mol. The van der Waals surface area contributed by atoms with Crippen LogP contribution in [0, 0.1) is 0 Å². The third kappa shape index (κ3) is 2.28. The van der Waals surface area contributed by atoms with Crippen LogP contribution in [-0.2, 0) is 4.79 Å². The van der Waals surface area contributed by atoms with E-state index in [1.54, 1.807) is 30.2 Å². The Kier molecular flexibility index (Phi) is 2.59. The number of thioether (sulfide) groups is 1. The predicted octanol–water partition coefficient (Wildman–Crippen LogP) is 1.69. The maximum Gasteiger partial charge on any atom is 0.187 e. The molecule has 0 aliphatic heterocycles. The number of rotatable bonds is 2. The summed E-state index contributed by atoms with van der Waals surface area (Å²) in [5.74, 6) is 0.369. The van der Waals surface area contributed by atoms with E-state index in [0.29, 0.717) is 17.5 Å². The molecule has 0 N–H and O–H groups in total. The van der Waals surface area contributed by atoms with Gasteiger partial charge >= 0.3 is 0 Å². The number of nitrogens with zero attached hydrogens (tertiary/aromatic N) is 2. The molecule has 13 heavy (non-hydrogen) atoms. The summed E-state index contributed by atoms with van der Waals surface area (Å²) in [4.78, 5) is 19.2. The first-order chi connectivity index (χ1) is 6.34. The zero-order valence-corrected chi connectivity index (χ0v) is 7.96. The molecule has 0 radical (unpaired) electrons. The number of hydrogen-bond donors (Lipinski definition) is 0. The maximum atomic E-state index is 11.0. The fraction of sp³-hybridized carbons (Fsp3) is 0.444. The van der Waals surface area contributed by atoms with Gasteiger partial charge in [-0.1, -0.05) is 11.8 Å². The topological polar surface area (TPSA) is 42.9 Å². The van der Waals surface area contributed by atoms with Gasteiger partial charge in [0.15, 0.2) is 5.16 Å². The minimum absolute atomic E-state index is 0.369. The van der Waals surface area contributed by atoms with Crippen LogP contribution in [0.3, 0.4) is 0 Å². The molecular formula is C9H10N2OS. The van der Waals surface area contributed by atoms with Crippen LogP contribution in [-0.4, -0.2) is 21.0 Å². The van der Waals surface area contributed by atoms with E-state index in [0.717, 1.165) is 18.0 Å². The lowest BCUT2D eigenvalue weighted by Gasteiger charge is -2.04. The van der Waals surface area contributed by atoms with Crippen LogP contribution in [0.2, 0.25) is 0 Å². The minimum Gasteiger partial charge on any atom is -0.300 e. The highest BCUT2D eigenvalue weighted by Crippen LogP contribution is 2.30. The van der Waals surface area contributed by atoms with E-state index in [2.05, 4.69) is 9.97 Å². The van der Waals surface area contributed by atoms with Gasteiger partial charge in [-0.25, -0.2) is 9.97 Å². The quantitative estimate of drug-likeness (QED) is 0.672. The summed E-state index contributed by atoms with van der Waals surface area (Å²) in [6.07, 6.45) is 5.84. The second-order valence-corrected chi connectivity index (χ2v) is 4.32. The Morgan fingerprint density at radius 3 is 2.77 bits per heavy atom. The third-order valence-corrected chi connectivity index (χ3v) is 3.17. The van der Waals surface area contributed by atoms with Crippen molar-refractivity contribution < 1.29 is 4.79 Å². The van der Waals surface area contributed by atoms with Crippen molar-refractivity contribution >= 4 is 17.5 Å². The summed E-state index contributed by atoms with van der Waals surface area (Å²) in [6, 6.07) is 1.80. The lowest BCUT2D eigenvalue weighted by atomic mass is 10.4. The molecule has 1 unspecified atom stereocenters. The third-order valence-electron chi connectivity index (χ3n) is 2.01. The van der Waals surface area contributed by atoms with Crippen molar-refractivity contribution in [2.45, 2.75) is 29.7 Å². The second kappa shape index (κ2) is 3.87. The first kappa shape index (κ1) is 8.69. The molecule has 0 aromatic carbocycles. The van der Waals surface area contributed by atoms with Gasteiger partial charge in [-0.05, 0) is 12.5 Å². The molecule has 1 atom stereocenters. The van der Waals surface area contributed by atoms with Crippen molar-refractivity contribution in [1.29, 1.82) is 0 Å². The van der Waals surface area contributed by atoms with Gasteiger partial charge in [0.1, 0.15) is 5.78 Å². The Morgan fingerprint density at radius 1 is 1.38 bits per heavy atom. The highest BCUT2D eigenvalue weighted by atomic mass is 32.2. The number of carbonyl (C=O) groups excluding carboxylic acids is 1. The summed E-state index contributed by atoms with van der Waals surface area (Å²) in [5, 5.41) is 1.18. The van der Waals surface area contributed by atoms with E-state index in [-0.39, 0.29) is 0 Å². The zero-order valence-electron chi connectivity index (χ0n) is 7.14. The first-order valence-electron chi connectivity index (χ1n) is 4.30. The fourth-order valence-electron chi connectivity index (χ4n) is 1.38. The average molecular weight is 194 g/mol. The monoisotopic (exact) mass is 194 g/mol. The molecule has 1 saturated carbocycles. The normalized spacial score (nSPS) is 22.2. The Balaban J connectivity index is 1.96. The molecule has 0 amide bonds. The largest absolute Gasteiger partial charge is 0.300 e. The van der Waals surface area contributed by atoms with Crippen LogP contribution in [0.4, 0.5) is 0 Å². The lowest BCUT2D eigenvalue weighted by molar-refractivity contribution is -0.117. The number of ketones is 1. The highest BCUT2D eigenvalue weighted by molar-refractivity contribution is 7.99. The molecular weight excluding hydrogens is 184 g/mol. The van der Waals surface area contributed by atoms with Crippen LogP contribution < -0.4 is 0 Å². The summed E-state index contributed by atoms with van der Waals surface area (Å²) in [7, 11) is 0. The van der Waals surface area contributed by atoms with Gasteiger partial charge in [-0.2, -0.15) is 0 Å². The number of Topliss-reactive ketones (excluding diaryl/α,β-unsaturated/α-hetero) is 1. The van der Waals surface area contributed by atoms with E-state index in [1.807, 2.05) is 0 Å². The second-order valence-electron chi connectivity index (χ2n) is 3.05. The molecule has 0 spiro atoms. The molecule has 4 heteroatoms. The van der Waals surface area contributed by atoms with E-state index >= 15 is 0 Å². The van der Waals surface area contributed by atoms with E-state index < -0.39 is 0 Å². The molecule has 1 aromatic rings. The SMILES string of the molecule is O=C1CCC(Sc2ncccn2)C1. The molecule has 2 rings (SSSR count). The van der Waals surface area contributed by atoms with Crippen LogP contribution in [0.1, 0.15) is 19.3 Å². The van der Waals surface area contributed by atoms with Gasteiger partial charge in [-0.15, -0.1) is 0 Å². The van der Waals surface area contributed by atoms with E-state index in [4.69, 9.17) is 0 Å². The fourth-order valence-corrected chi connectivity index (χ4v) is 2.42. The molecule has 0 bridgehead atoms. The Bertz CT molecular complexity index is 302. The standard InChI is InChI=1S/C9H10N2OS/c12-7-2-3-8(6-7)13-9-10-4-1-5-11-9/h1,4-5,8H,2-3,6H2. The van der Waals surface area contributed by atoms with Gasteiger partial charge in [0.05, 0.1) is 0 Å². The Morgan fingerprint density at radius 2 is 2.15 bits per heavy atom. The first-order valence-corrected chi connectivity index (χ1v) is 5.18. The van der Waals surface area contributed by atoms with Crippen LogP contribution >= 0.6 is 11.8 Å². The van der Waals surface area contributed by atoms with Gasteiger partial charge < -0.3 is 0 Å². The summed E-state index contributed by atoms with van der Waals surface area (Å²) in [5.41, 5.74) is 0. The molecule has 3 nitrogen and oxygen atoms in total. The van der Waals surface area contributed by atoms with Gasteiger partial charge in [0.25, 0.3) is 0 Å². The Labute approximate surface area is 81.0 Å². The van der Waals surface area contributed by atoms with Crippen molar-refractivity contribution in [3.63, 3.8) is 0 Å². The summed E-state index contributed by atoms with van der Waals surface area (Å²) < 4.78 is 0. The number of hydrogen-bond acceptors (Lipinski definition) is 4. The number of carbonyl (C=O) groups is 1. The maximum absolute atomic E-state index is 11.0. The van der Waals surface area contributed by atoms with Crippen molar-refractivity contribution in [2.75, 3.05) is 0 Å². The van der Waals surface area contributed by atoms with Crippen molar-refractivity contribution in [2.24, 2.45) is 0 Å². The van der Waals surface area contributed by atoms with Gasteiger partial charge in [-0.3, -0.25) is 4.79 Å². The van der Waals surface area contributed by atoms with E-state index in [9.17, 15) is 4.79 Å². The Hall–Kier alpha value is -0.900. The lowest BCUT2D eigenvalue weighted by Crippen LogP contribution is -1.98. The van der Waals surface area contributed by atoms with Crippen LogP contribution in [0.5, 0.6) is 0 Å². The zero-order chi connectivity index (χ0) is 9.10. The van der Waals surface area contributed by atoms with Crippen molar-refractivity contribution in [1.82, 2.24) is 9.97 Å². The van der Waals surface area contributed by atoms with Gasteiger partial charge in [0.2, 0.25) is 0 Å². The van der Waals surface area contributed by atoms with Crippen LogP contribution in [0.25, 0.3) is 0 Å². The molecule has 1 aliphatic carbocycles. The molecule has 1 fully saturated rings. The van der Waals surface area contributed by atoms with Crippen molar-refractivity contribution in [3.8, 4) is 0 Å². The minimum atomic E-state index is 0.369. The average Bonchev–Trinajstić information content (AvgIpc) is 2.53. The molecule has 1 heterocycles. The molecule has 68 valence electrons.